The molecule has 1 aliphatic carbocycles. The van der Waals surface area contributed by atoms with Crippen molar-refractivity contribution in [2.75, 3.05) is 0 Å². The SMILES string of the molecule is CC(=O)O/N=C1\CC(C)(C)Cc2c1cc(C)n2-c1ccc(C)cc1. The Labute approximate surface area is 143 Å². The van der Waals surface area contributed by atoms with E-state index in [1.165, 1.54) is 18.2 Å². The summed E-state index contributed by atoms with van der Waals surface area (Å²) in [5.41, 5.74) is 6.81. The number of hydrogen-bond donors (Lipinski definition) is 0. The second kappa shape index (κ2) is 5.93. The molecule has 2 aromatic rings. The number of oxime groups is 1. The Morgan fingerprint density at radius 1 is 1.17 bits per heavy atom. The monoisotopic (exact) mass is 324 g/mol. The molecule has 0 bridgehead atoms. The molecule has 3 rings (SSSR count). The molecule has 0 saturated heterocycles. The maximum Gasteiger partial charge on any atom is 0.331 e. The molecule has 126 valence electrons. The Morgan fingerprint density at radius 2 is 1.83 bits per heavy atom. The summed E-state index contributed by atoms with van der Waals surface area (Å²) in [5, 5.41) is 4.14. The van der Waals surface area contributed by atoms with Gasteiger partial charge < -0.3 is 9.40 Å². The van der Waals surface area contributed by atoms with Crippen molar-refractivity contribution < 1.29 is 9.63 Å². The Bertz CT molecular complexity index is 811. The first-order valence-corrected chi connectivity index (χ1v) is 8.30. The molecule has 4 nitrogen and oxygen atoms in total. The predicted octanol–water partition coefficient (Wildman–Crippen LogP) is 4.33. The van der Waals surface area contributed by atoms with Gasteiger partial charge in [0.1, 0.15) is 0 Å². The van der Waals surface area contributed by atoms with Crippen molar-refractivity contribution in [1.29, 1.82) is 0 Å². The topological polar surface area (TPSA) is 43.6 Å². The first kappa shape index (κ1) is 16.5. The van der Waals surface area contributed by atoms with Gasteiger partial charge in [-0.05, 0) is 50.3 Å². The van der Waals surface area contributed by atoms with Crippen LogP contribution in [0.1, 0.15) is 49.7 Å². The normalized spacial score (nSPS) is 17.6. The number of rotatable bonds is 2. The molecule has 1 aromatic carbocycles. The highest BCUT2D eigenvalue weighted by atomic mass is 16.7. The molecular formula is C20H24N2O2. The number of aromatic nitrogens is 1. The van der Waals surface area contributed by atoms with Gasteiger partial charge in [-0.15, -0.1) is 0 Å². The molecule has 0 atom stereocenters. The van der Waals surface area contributed by atoms with Gasteiger partial charge in [0.2, 0.25) is 0 Å². The first-order chi connectivity index (χ1) is 11.3. The Balaban J connectivity index is 2.14. The quantitative estimate of drug-likeness (QED) is 0.609. The van der Waals surface area contributed by atoms with E-state index >= 15 is 0 Å². The molecule has 0 N–H and O–H groups in total. The van der Waals surface area contributed by atoms with E-state index in [9.17, 15) is 4.79 Å². The van der Waals surface area contributed by atoms with Crippen LogP contribution in [-0.4, -0.2) is 16.2 Å². The van der Waals surface area contributed by atoms with Crippen LogP contribution in [0, 0.1) is 19.3 Å². The van der Waals surface area contributed by atoms with Crippen molar-refractivity contribution in [3.63, 3.8) is 0 Å². The zero-order chi connectivity index (χ0) is 17.5. The molecule has 0 amide bonds. The summed E-state index contributed by atoms with van der Waals surface area (Å²) in [6.45, 7) is 10.0. The molecule has 0 radical (unpaired) electrons. The van der Waals surface area contributed by atoms with Crippen LogP contribution in [0.15, 0.2) is 35.5 Å². The number of carbonyl (C=O) groups excluding carboxylic acids is 1. The highest BCUT2D eigenvalue weighted by Crippen LogP contribution is 2.38. The predicted molar refractivity (Wildman–Crippen MR) is 95.6 cm³/mol. The zero-order valence-corrected chi connectivity index (χ0v) is 15.0. The van der Waals surface area contributed by atoms with E-state index in [1.807, 2.05) is 0 Å². The van der Waals surface area contributed by atoms with Crippen LogP contribution in [0.3, 0.4) is 0 Å². The van der Waals surface area contributed by atoms with E-state index in [0.29, 0.717) is 0 Å². The van der Waals surface area contributed by atoms with Crippen molar-refractivity contribution in [3.8, 4) is 5.69 Å². The smallest absolute Gasteiger partial charge is 0.318 e. The minimum atomic E-state index is -0.387. The lowest BCUT2D eigenvalue weighted by atomic mass is 9.76. The van der Waals surface area contributed by atoms with Gasteiger partial charge in [-0.2, -0.15) is 0 Å². The van der Waals surface area contributed by atoms with Crippen molar-refractivity contribution in [2.24, 2.45) is 10.6 Å². The number of hydrogen-bond acceptors (Lipinski definition) is 3. The van der Waals surface area contributed by atoms with Crippen molar-refractivity contribution in [2.45, 2.75) is 47.5 Å². The fourth-order valence-corrected chi connectivity index (χ4v) is 3.43. The van der Waals surface area contributed by atoms with Gasteiger partial charge in [0.05, 0.1) is 5.71 Å². The maximum atomic E-state index is 11.2. The Hall–Kier alpha value is -2.36. The molecular weight excluding hydrogens is 300 g/mol. The Kier molecular flexibility index (Phi) is 4.08. The summed E-state index contributed by atoms with van der Waals surface area (Å²) in [7, 11) is 0. The zero-order valence-electron chi connectivity index (χ0n) is 15.0. The molecule has 1 heterocycles. The lowest BCUT2D eigenvalue weighted by Crippen LogP contribution is -2.28. The fraction of sp³-hybridized carbons (Fsp3) is 0.400. The molecule has 4 heteroatoms. The lowest BCUT2D eigenvalue weighted by Gasteiger charge is -2.31. The average molecular weight is 324 g/mol. The fourth-order valence-electron chi connectivity index (χ4n) is 3.43. The number of benzene rings is 1. The third-order valence-corrected chi connectivity index (χ3v) is 4.47. The van der Waals surface area contributed by atoms with E-state index in [4.69, 9.17) is 4.84 Å². The van der Waals surface area contributed by atoms with Gasteiger partial charge in [-0.25, -0.2) is 4.79 Å². The van der Waals surface area contributed by atoms with E-state index < -0.39 is 0 Å². The van der Waals surface area contributed by atoms with Gasteiger partial charge in [0.15, 0.2) is 0 Å². The Morgan fingerprint density at radius 3 is 2.46 bits per heavy atom. The molecule has 0 aliphatic heterocycles. The van der Waals surface area contributed by atoms with E-state index in [2.05, 4.69) is 67.7 Å². The van der Waals surface area contributed by atoms with Crippen LogP contribution in [0.25, 0.3) is 5.69 Å². The van der Waals surface area contributed by atoms with Crippen molar-refractivity contribution in [1.82, 2.24) is 4.57 Å². The molecule has 1 aromatic heterocycles. The van der Waals surface area contributed by atoms with Crippen LogP contribution in [0.5, 0.6) is 0 Å². The molecule has 0 saturated carbocycles. The summed E-state index contributed by atoms with van der Waals surface area (Å²) in [6, 6.07) is 10.7. The van der Waals surface area contributed by atoms with Crippen molar-refractivity contribution in [3.05, 3.63) is 52.8 Å². The average Bonchev–Trinajstić information content (AvgIpc) is 2.81. The number of fused-ring (bicyclic) bond motifs is 1. The molecule has 0 fully saturated rings. The highest BCUT2D eigenvalue weighted by Gasteiger charge is 2.33. The molecule has 0 unspecified atom stereocenters. The summed E-state index contributed by atoms with van der Waals surface area (Å²) < 4.78 is 2.29. The summed E-state index contributed by atoms with van der Waals surface area (Å²) in [5.74, 6) is -0.387. The van der Waals surface area contributed by atoms with Crippen LogP contribution in [0.4, 0.5) is 0 Å². The minimum absolute atomic E-state index is 0.0687. The van der Waals surface area contributed by atoms with Crippen LogP contribution >= 0.6 is 0 Å². The molecule has 1 aliphatic rings. The van der Waals surface area contributed by atoms with Gasteiger partial charge in [0, 0.05) is 29.6 Å². The molecule has 24 heavy (non-hydrogen) atoms. The maximum absolute atomic E-state index is 11.2. The van der Waals surface area contributed by atoms with Crippen LogP contribution < -0.4 is 0 Å². The third-order valence-electron chi connectivity index (χ3n) is 4.47. The number of nitrogens with zero attached hydrogens (tertiary/aromatic N) is 2. The third kappa shape index (κ3) is 3.14. The van der Waals surface area contributed by atoms with E-state index in [0.717, 1.165) is 35.5 Å². The van der Waals surface area contributed by atoms with Gasteiger partial charge >= 0.3 is 5.97 Å². The van der Waals surface area contributed by atoms with Crippen molar-refractivity contribution >= 4 is 11.7 Å². The number of carbonyl (C=O) groups is 1. The second-order valence-electron chi connectivity index (χ2n) is 7.46. The van der Waals surface area contributed by atoms with E-state index in [-0.39, 0.29) is 11.4 Å². The minimum Gasteiger partial charge on any atom is -0.318 e. The summed E-state index contributed by atoms with van der Waals surface area (Å²) in [6.07, 6.45) is 1.76. The first-order valence-electron chi connectivity index (χ1n) is 8.30. The number of aryl methyl sites for hydroxylation is 2. The van der Waals surface area contributed by atoms with Gasteiger partial charge in [-0.1, -0.05) is 36.7 Å². The summed E-state index contributed by atoms with van der Waals surface area (Å²) >= 11 is 0. The van der Waals surface area contributed by atoms with Crippen LogP contribution in [0.2, 0.25) is 0 Å². The van der Waals surface area contributed by atoms with Gasteiger partial charge in [0.25, 0.3) is 0 Å². The summed E-state index contributed by atoms with van der Waals surface area (Å²) in [4.78, 5) is 16.1. The van der Waals surface area contributed by atoms with Gasteiger partial charge in [-0.3, -0.25) is 0 Å². The standard InChI is InChI=1S/C20H24N2O2/c1-13-6-8-16(9-7-13)22-14(2)10-17-18(21-24-15(3)23)11-20(4,5)12-19(17)22/h6-10H,11-12H2,1-5H3/b21-18+. The van der Waals surface area contributed by atoms with Crippen LogP contribution in [-0.2, 0) is 16.1 Å². The highest BCUT2D eigenvalue weighted by molar-refractivity contribution is 6.03. The second-order valence-corrected chi connectivity index (χ2v) is 7.46. The van der Waals surface area contributed by atoms with E-state index in [1.54, 1.807) is 0 Å². The molecule has 0 spiro atoms. The largest absolute Gasteiger partial charge is 0.331 e. The lowest BCUT2D eigenvalue weighted by molar-refractivity contribution is -0.140.